The molecule has 0 bridgehead atoms. The number of nitrogens with zero attached hydrogens (tertiary/aromatic N) is 3. The van der Waals surface area contributed by atoms with E-state index >= 15 is 0 Å². The fourth-order valence-corrected chi connectivity index (χ4v) is 3.03. The normalized spacial score (nSPS) is 11.4. The summed E-state index contributed by atoms with van der Waals surface area (Å²) < 4.78 is 6.99. The van der Waals surface area contributed by atoms with Crippen molar-refractivity contribution < 1.29 is 4.74 Å². The van der Waals surface area contributed by atoms with Crippen molar-refractivity contribution in [3.63, 3.8) is 0 Å². The Morgan fingerprint density at radius 3 is 3.00 bits per heavy atom. The number of fused-ring (bicyclic) bond motifs is 1. The van der Waals surface area contributed by atoms with E-state index < -0.39 is 0 Å². The molecule has 0 saturated heterocycles. The van der Waals surface area contributed by atoms with Crippen LogP contribution in [-0.4, -0.2) is 29.0 Å². The zero-order chi connectivity index (χ0) is 17.5. The van der Waals surface area contributed by atoms with Gasteiger partial charge in [-0.05, 0) is 36.9 Å². The SMILES string of the molecule is CCOCCCn1c(N/N=C\c2cccs2)nc2ccccc2c1=O. The molecule has 0 saturated carbocycles. The Balaban J connectivity index is 1.88. The Morgan fingerprint density at radius 1 is 1.32 bits per heavy atom. The lowest BCUT2D eigenvalue weighted by molar-refractivity contribution is 0.141. The van der Waals surface area contributed by atoms with Crippen molar-refractivity contribution in [2.45, 2.75) is 19.9 Å². The fraction of sp³-hybridized carbons (Fsp3) is 0.278. The molecule has 2 aromatic heterocycles. The average Bonchev–Trinajstić information content (AvgIpc) is 3.14. The molecule has 130 valence electrons. The number of hydrogen-bond acceptors (Lipinski definition) is 6. The topological polar surface area (TPSA) is 68.5 Å². The minimum Gasteiger partial charge on any atom is -0.382 e. The van der Waals surface area contributed by atoms with E-state index in [9.17, 15) is 4.79 Å². The summed E-state index contributed by atoms with van der Waals surface area (Å²) in [7, 11) is 0. The second kappa shape index (κ2) is 8.55. The molecule has 3 rings (SSSR count). The third-order valence-corrected chi connectivity index (χ3v) is 4.44. The number of benzene rings is 1. The molecular weight excluding hydrogens is 336 g/mol. The van der Waals surface area contributed by atoms with Crippen LogP contribution in [0.2, 0.25) is 0 Å². The van der Waals surface area contributed by atoms with Crippen molar-refractivity contribution in [3.8, 4) is 0 Å². The van der Waals surface area contributed by atoms with Crippen LogP contribution < -0.4 is 11.0 Å². The number of anilines is 1. The van der Waals surface area contributed by atoms with Crippen LogP contribution in [0.25, 0.3) is 10.9 Å². The summed E-state index contributed by atoms with van der Waals surface area (Å²) in [6, 6.07) is 11.3. The molecule has 25 heavy (non-hydrogen) atoms. The third-order valence-electron chi connectivity index (χ3n) is 3.64. The zero-order valence-electron chi connectivity index (χ0n) is 14.0. The first-order valence-electron chi connectivity index (χ1n) is 8.19. The maximum atomic E-state index is 12.8. The number of ether oxygens (including phenoxy) is 1. The maximum Gasteiger partial charge on any atom is 0.262 e. The van der Waals surface area contributed by atoms with Gasteiger partial charge in [0.15, 0.2) is 0 Å². The molecule has 0 aliphatic rings. The first kappa shape index (κ1) is 17.3. The van der Waals surface area contributed by atoms with Crippen LogP contribution in [0.1, 0.15) is 18.2 Å². The molecule has 6 nitrogen and oxygen atoms in total. The Kier molecular flexibility index (Phi) is 5.92. The van der Waals surface area contributed by atoms with Crippen molar-refractivity contribution in [2.75, 3.05) is 18.6 Å². The Labute approximate surface area is 149 Å². The van der Waals surface area contributed by atoms with E-state index in [1.165, 1.54) is 0 Å². The standard InChI is InChI=1S/C18H20N4O2S/c1-2-24-11-6-10-22-17(23)15-8-3-4-9-16(15)20-18(22)21-19-13-14-7-5-12-25-14/h3-5,7-9,12-13H,2,6,10-11H2,1H3,(H,20,21)/b19-13-. The highest BCUT2D eigenvalue weighted by Crippen LogP contribution is 2.12. The summed E-state index contributed by atoms with van der Waals surface area (Å²) in [6.07, 6.45) is 2.45. The summed E-state index contributed by atoms with van der Waals surface area (Å²) in [4.78, 5) is 18.4. The zero-order valence-corrected chi connectivity index (χ0v) is 14.8. The van der Waals surface area contributed by atoms with Gasteiger partial charge in [0.2, 0.25) is 5.95 Å². The van der Waals surface area contributed by atoms with Gasteiger partial charge in [-0.2, -0.15) is 5.10 Å². The van der Waals surface area contributed by atoms with Crippen LogP contribution in [0.5, 0.6) is 0 Å². The first-order valence-corrected chi connectivity index (χ1v) is 9.07. The molecule has 1 N–H and O–H groups in total. The van der Waals surface area contributed by atoms with Gasteiger partial charge >= 0.3 is 0 Å². The van der Waals surface area contributed by atoms with Crippen molar-refractivity contribution in [1.82, 2.24) is 9.55 Å². The predicted octanol–water partition coefficient (Wildman–Crippen LogP) is 3.33. The first-order chi connectivity index (χ1) is 12.3. The van der Waals surface area contributed by atoms with Crippen LogP contribution in [0.15, 0.2) is 51.7 Å². The average molecular weight is 356 g/mol. The van der Waals surface area contributed by atoms with Crippen LogP contribution in [0.4, 0.5) is 5.95 Å². The molecule has 1 aromatic carbocycles. The van der Waals surface area contributed by atoms with E-state index in [4.69, 9.17) is 4.74 Å². The van der Waals surface area contributed by atoms with Gasteiger partial charge in [-0.1, -0.05) is 18.2 Å². The van der Waals surface area contributed by atoms with E-state index in [-0.39, 0.29) is 5.56 Å². The predicted molar refractivity (Wildman–Crippen MR) is 103 cm³/mol. The lowest BCUT2D eigenvalue weighted by atomic mass is 10.2. The second-order valence-electron chi connectivity index (χ2n) is 5.35. The highest BCUT2D eigenvalue weighted by Gasteiger charge is 2.10. The molecular formula is C18H20N4O2S. The molecule has 0 unspecified atom stereocenters. The summed E-state index contributed by atoms with van der Waals surface area (Å²) in [5.74, 6) is 0.438. The smallest absolute Gasteiger partial charge is 0.262 e. The minimum atomic E-state index is -0.0732. The molecule has 0 spiro atoms. The van der Waals surface area contributed by atoms with Gasteiger partial charge in [-0.15, -0.1) is 11.3 Å². The highest BCUT2D eigenvalue weighted by molar-refractivity contribution is 7.11. The lowest BCUT2D eigenvalue weighted by Crippen LogP contribution is -2.25. The Bertz CT molecular complexity index is 903. The molecule has 0 atom stereocenters. The molecule has 0 fully saturated rings. The monoisotopic (exact) mass is 356 g/mol. The minimum absolute atomic E-state index is 0.0732. The number of aromatic nitrogens is 2. The molecule has 3 aromatic rings. The lowest BCUT2D eigenvalue weighted by Gasteiger charge is -2.12. The fourth-order valence-electron chi connectivity index (χ4n) is 2.45. The van der Waals surface area contributed by atoms with Gasteiger partial charge < -0.3 is 4.74 Å². The Hall–Kier alpha value is -2.51. The molecule has 2 heterocycles. The van der Waals surface area contributed by atoms with Crippen LogP contribution in [0.3, 0.4) is 0 Å². The summed E-state index contributed by atoms with van der Waals surface area (Å²) in [6.45, 7) is 3.75. The van der Waals surface area contributed by atoms with Crippen molar-refractivity contribution >= 4 is 34.4 Å². The molecule has 0 radical (unpaired) electrons. The summed E-state index contributed by atoms with van der Waals surface area (Å²) in [5.41, 5.74) is 3.49. The number of hydrazone groups is 1. The largest absolute Gasteiger partial charge is 0.382 e. The van der Waals surface area contributed by atoms with Crippen LogP contribution >= 0.6 is 11.3 Å². The van der Waals surface area contributed by atoms with E-state index in [1.54, 1.807) is 28.2 Å². The van der Waals surface area contributed by atoms with E-state index in [0.717, 1.165) is 11.3 Å². The van der Waals surface area contributed by atoms with Crippen molar-refractivity contribution in [1.29, 1.82) is 0 Å². The molecule has 0 aliphatic carbocycles. The molecule has 0 amide bonds. The van der Waals surface area contributed by atoms with Crippen LogP contribution in [0, 0.1) is 0 Å². The number of rotatable bonds is 8. The van der Waals surface area contributed by atoms with Crippen molar-refractivity contribution in [3.05, 3.63) is 57.0 Å². The van der Waals surface area contributed by atoms with Gasteiger partial charge in [0.05, 0.1) is 17.1 Å². The molecule has 0 aliphatic heterocycles. The van der Waals surface area contributed by atoms with Gasteiger partial charge in [0.1, 0.15) is 0 Å². The van der Waals surface area contributed by atoms with Crippen LogP contribution in [-0.2, 0) is 11.3 Å². The number of para-hydroxylation sites is 1. The van der Waals surface area contributed by atoms with Gasteiger partial charge in [0.25, 0.3) is 5.56 Å². The maximum absolute atomic E-state index is 12.8. The second-order valence-corrected chi connectivity index (χ2v) is 6.32. The van der Waals surface area contributed by atoms with Crippen molar-refractivity contribution in [2.24, 2.45) is 5.10 Å². The number of hydrogen-bond donors (Lipinski definition) is 1. The summed E-state index contributed by atoms with van der Waals surface area (Å²) in [5, 5.41) is 6.81. The van der Waals surface area contributed by atoms with E-state index in [1.807, 2.05) is 42.6 Å². The van der Waals surface area contributed by atoms with E-state index in [2.05, 4.69) is 15.5 Å². The Morgan fingerprint density at radius 2 is 2.20 bits per heavy atom. The number of nitrogens with one attached hydrogen (secondary N) is 1. The number of thiophene rings is 1. The van der Waals surface area contributed by atoms with Gasteiger partial charge in [0, 0.05) is 24.6 Å². The summed E-state index contributed by atoms with van der Waals surface area (Å²) >= 11 is 1.59. The quantitative estimate of drug-likeness (QED) is 0.382. The van der Waals surface area contributed by atoms with Gasteiger partial charge in [-0.3, -0.25) is 9.36 Å². The highest BCUT2D eigenvalue weighted by atomic mass is 32.1. The third kappa shape index (κ3) is 4.32. The van der Waals surface area contributed by atoms with Gasteiger partial charge in [-0.25, -0.2) is 10.4 Å². The molecule has 7 heteroatoms. The van der Waals surface area contributed by atoms with E-state index in [0.29, 0.717) is 36.6 Å².